The van der Waals surface area contributed by atoms with Gasteiger partial charge in [-0.25, -0.2) is 13.2 Å². The van der Waals surface area contributed by atoms with Gasteiger partial charge in [0.25, 0.3) is 15.9 Å². The van der Waals surface area contributed by atoms with E-state index in [1.54, 1.807) is 49.4 Å². The molecule has 0 aliphatic heterocycles. The molecule has 0 aromatic heterocycles. The molecule has 0 fully saturated rings. The van der Waals surface area contributed by atoms with Gasteiger partial charge in [-0.05, 0) is 73.4 Å². The summed E-state index contributed by atoms with van der Waals surface area (Å²) in [6.07, 6.45) is 3.11. The Morgan fingerprint density at radius 3 is 2.21 bits per heavy atom. The number of hydrogen-bond acceptors (Lipinski definition) is 4. The maximum Gasteiger partial charge on any atom is 0.316 e. The zero-order valence-electron chi connectivity index (χ0n) is 19.1. The van der Waals surface area contributed by atoms with Crippen LogP contribution in [0, 0.1) is 6.92 Å². The van der Waals surface area contributed by atoms with Gasteiger partial charge < -0.3 is 16.4 Å². The number of nitrogens with one attached hydrogen (secondary N) is 3. The van der Waals surface area contributed by atoms with Gasteiger partial charge in [0.05, 0.1) is 4.90 Å². The Bertz CT molecular complexity index is 1290. The molecule has 0 saturated carbocycles. The highest BCUT2D eigenvalue weighted by atomic mass is 32.2. The summed E-state index contributed by atoms with van der Waals surface area (Å²) in [6.45, 7) is 3.84. The number of unbranched alkanes of at least 4 members (excludes halogenated alkanes) is 1. The number of primary amides is 1. The van der Waals surface area contributed by atoms with Gasteiger partial charge in [-0.2, -0.15) is 0 Å². The lowest BCUT2D eigenvalue weighted by Gasteiger charge is -2.13. The SMILES string of the molecule is CCCCc1ccc(NS(=O)(=O)c2ccc(C)c(C(=O)Nc3cccc(NC(N)=O)c3)c2)cc1. The molecule has 0 aliphatic rings. The number of aryl methyl sites for hydroxylation is 2. The second-order valence-corrected chi connectivity index (χ2v) is 9.59. The van der Waals surface area contributed by atoms with E-state index in [1.165, 1.54) is 12.1 Å². The lowest BCUT2D eigenvalue weighted by Crippen LogP contribution is -2.19. The first-order valence-corrected chi connectivity index (χ1v) is 12.4. The molecular weight excluding hydrogens is 452 g/mol. The van der Waals surface area contributed by atoms with Gasteiger partial charge in [-0.15, -0.1) is 0 Å². The molecule has 0 aliphatic carbocycles. The molecule has 3 aromatic rings. The molecule has 34 heavy (non-hydrogen) atoms. The van der Waals surface area contributed by atoms with Gasteiger partial charge in [0.1, 0.15) is 0 Å². The van der Waals surface area contributed by atoms with Crippen molar-refractivity contribution >= 4 is 39.0 Å². The molecule has 0 atom stereocenters. The van der Waals surface area contributed by atoms with Crippen LogP contribution in [0.1, 0.15) is 41.3 Å². The van der Waals surface area contributed by atoms with Crippen LogP contribution >= 0.6 is 0 Å². The number of benzene rings is 3. The normalized spacial score (nSPS) is 11.0. The van der Waals surface area contributed by atoms with Crippen molar-refractivity contribution in [1.29, 1.82) is 0 Å². The molecular formula is C25H28N4O4S. The van der Waals surface area contributed by atoms with Crippen molar-refractivity contribution in [2.24, 2.45) is 5.73 Å². The van der Waals surface area contributed by atoms with Gasteiger partial charge in [0.2, 0.25) is 0 Å². The number of amides is 3. The van der Waals surface area contributed by atoms with Gasteiger partial charge in [0.15, 0.2) is 0 Å². The van der Waals surface area contributed by atoms with E-state index in [0.717, 1.165) is 24.8 Å². The van der Waals surface area contributed by atoms with Crippen molar-refractivity contribution in [3.63, 3.8) is 0 Å². The Hall–Kier alpha value is -3.85. The third-order valence-corrected chi connectivity index (χ3v) is 6.56. The van der Waals surface area contributed by atoms with Crippen molar-refractivity contribution < 1.29 is 18.0 Å². The van der Waals surface area contributed by atoms with Gasteiger partial charge in [-0.1, -0.05) is 37.6 Å². The molecule has 0 saturated heterocycles. The van der Waals surface area contributed by atoms with Crippen LogP contribution < -0.4 is 21.1 Å². The fraction of sp³-hybridized carbons (Fsp3) is 0.200. The fourth-order valence-corrected chi connectivity index (χ4v) is 4.45. The molecule has 8 nitrogen and oxygen atoms in total. The van der Waals surface area contributed by atoms with E-state index in [4.69, 9.17) is 5.73 Å². The van der Waals surface area contributed by atoms with Crippen molar-refractivity contribution in [2.45, 2.75) is 38.0 Å². The van der Waals surface area contributed by atoms with Gasteiger partial charge >= 0.3 is 6.03 Å². The van der Waals surface area contributed by atoms with Gasteiger partial charge in [0, 0.05) is 22.6 Å². The molecule has 5 N–H and O–H groups in total. The van der Waals surface area contributed by atoms with Crippen LogP contribution in [0.5, 0.6) is 0 Å². The second-order valence-electron chi connectivity index (χ2n) is 7.91. The molecule has 3 rings (SSSR count). The van der Waals surface area contributed by atoms with Crippen LogP contribution in [-0.2, 0) is 16.4 Å². The second kappa shape index (κ2) is 10.8. The largest absolute Gasteiger partial charge is 0.351 e. The number of nitrogens with two attached hydrogens (primary N) is 1. The van der Waals surface area contributed by atoms with Crippen LogP contribution in [0.2, 0.25) is 0 Å². The highest BCUT2D eigenvalue weighted by Gasteiger charge is 2.19. The summed E-state index contributed by atoms with van der Waals surface area (Å²) in [6, 6.07) is 17.4. The third kappa shape index (κ3) is 6.58. The zero-order valence-corrected chi connectivity index (χ0v) is 19.9. The summed E-state index contributed by atoms with van der Waals surface area (Å²) in [5.41, 5.74) is 8.39. The summed E-state index contributed by atoms with van der Waals surface area (Å²) < 4.78 is 28.5. The minimum Gasteiger partial charge on any atom is -0.351 e. The Labute approximate surface area is 199 Å². The predicted octanol–water partition coefficient (Wildman–Crippen LogP) is 4.88. The average molecular weight is 481 g/mol. The van der Waals surface area contributed by atoms with Crippen molar-refractivity contribution in [1.82, 2.24) is 0 Å². The number of urea groups is 1. The topological polar surface area (TPSA) is 130 Å². The Morgan fingerprint density at radius 1 is 0.882 bits per heavy atom. The molecule has 0 bridgehead atoms. The molecule has 0 spiro atoms. The highest BCUT2D eigenvalue weighted by molar-refractivity contribution is 7.92. The Balaban J connectivity index is 1.78. The first-order chi connectivity index (χ1) is 16.2. The summed E-state index contributed by atoms with van der Waals surface area (Å²) in [7, 11) is -3.90. The molecule has 0 radical (unpaired) electrons. The molecule has 0 heterocycles. The lowest BCUT2D eigenvalue weighted by atomic mass is 10.1. The third-order valence-electron chi connectivity index (χ3n) is 5.18. The number of carbonyl (C=O) groups excluding carboxylic acids is 2. The van der Waals surface area contributed by atoms with Crippen LogP contribution in [0.25, 0.3) is 0 Å². The maximum atomic E-state index is 13.0. The quantitative estimate of drug-likeness (QED) is 0.348. The van der Waals surface area contributed by atoms with E-state index in [2.05, 4.69) is 22.3 Å². The molecule has 178 valence electrons. The Morgan fingerprint density at radius 2 is 1.56 bits per heavy atom. The summed E-state index contributed by atoms with van der Waals surface area (Å²) in [5.74, 6) is -0.481. The van der Waals surface area contributed by atoms with E-state index in [-0.39, 0.29) is 10.5 Å². The first-order valence-electron chi connectivity index (χ1n) is 10.9. The summed E-state index contributed by atoms with van der Waals surface area (Å²) in [4.78, 5) is 23.9. The van der Waals surface area contributed by atoms with E-state index in [1.807, 2.05) is 12.1 Å². The molecule has 0 unspecified atom stereocenters. The van der Waals surface area contributed by atoms with Crippen LogP contribution in [0.3, 0.4) is 0 Å². The monoisotopic (exact) mass is 480 g/mol. The van der Waals surface area contributed by atoms with Crippen LogP contribution in [0.15, 0.2) is 71.6 Å². The zero-order chi connectivity index (χ0) is 24.7. The number of sulfonamides is 1. The smallest absolute Gasteiger partial charge is 0.316 e. The average Bonchev–Trinajstić information content (AvgIpc) is 2.78. The molecule has 3 amide bonds. The van der Waals surface area contributed by atoms with Gasteiger partial charge in [-0.3, -0.25) is 9.52 Å². The lowest BCUT2D eigenvalue weighted by molar-refractivity contribution is 0.102. The van der Waals surface area contributed by atoms with E-state index < -0.39 is 22.0 Å². The van der Waals surface area contributed by atoms with Crippen molar-refractivity contribution in [2.75, 3.05) is 15.4 Å². The minimum absolute atomic E-state index is 0.0255. The summed E-state index contributed by atoms with van der Waals surface area (Å²) >= 11 is 0. The number of anilines is 3. The van der Waals surface area contributed by atoms with E-state index in [0.29, 0.717) is 22.6 Å². The standard InChI is InChI=1S/C25H28N4O4S/c1-3-4-6-18-10-12-19(13-11-18)29-34(32,33)22-14-9-17(2)23(16-22)24(30)27-20-7-5-8-21(15-20)28-25(26)31/h5,7-16,29H,3-4,6H2,1-2H3,(H,27,30)(H3,26,28,31). The molecule has 9 heteroatoms. The number of rotatable bonds is 9. The fourth-order valence-electron chi connectivity index (χ4n) is 3.36. The van der Waals surface area contributed by atoms with Crippen LogP contribution in [0.4, 0.5) is 21.9 Å². The number of carbonyl (C=O) groups is 2. The molecule has 3 aromatic carbocycles. The van der Waals surface area contributed by atoms with Crippen molar-refractivity contribution in [3.05, 3.63) is 83.4 Å². The summed E-state index contributed by atoms with van der Waals surface area (Å²) in [5, 5.41) is 5.15. The maximum absolute atomic E-state index is 13.0. The van der Waals surface area contributed by atoms with Crippen LogP contribution in [-0.4, -0.2) is 20.4 Å². The predicted molar refractivity (Wildman–Crippen MR) is 135 cm³/mol. The van der Waals surface area contributed by atoms with Crippen molar-refractivity contribution in [3.8, 4) is 0 Å². The Kier molecular flexibility index (Phi) is 7.91. The minimum atomic E-state index is -3.90. The first kappa shape index (κ1) is 24.8. The van der Waals surface area contributed by atoms with E-state index in [9.17, 15) is 18.0 Å². The highest BCUT2D eigenvalue weighted by Crippen LogP contribution is 2.22. The van der Waals surface area contributed by atoms with E-state index >= 15 is 0 Å². The number of hydrogen-bond donors (Lipinski definition) is 4.